The summed E-state index contributed by atoms with van der Waals surface area (Å²) in [6.45, 7) is 3.72. The van der Waals surface area contributed by atoms with Gasteiger partial charge in [0.05, 0.1) is 19.0 Å². The van der Waals surface area contributed by atoms with Crippen molar-refractivity contribution >= 4 is 23.3 Å². The molecule has 8 heteroatoms. The van der Waals surface area contributed by atoms with Crippen LogP contribution in [0.5, 0.6) is 17.4 Å². The molecule has 0 spiro atoms. The van der Waals surface area contributed by atoms with Crippen molar-refractivity contribution < 1.29 is 19.1 Å². The molecule has 3 rings (SSSR count). The number of hydrogen-bond acceptors (Lipinski definition) is 5. The summed E-state index contributed by atoms with van der Waals surface area (Å²) < 4.78 is 11.1. The summed E-state index contributed by atoms with van der Waals surface area (Å²) in [7, 11) is 1.58. The summed E-state index contributed by atoms with van der Waals surface area (Å²) in [5, 5.41) is 8.19. The third-order valence-corrected chi connectivity index (χ3v) is 4.23. The summed E-state index contributed by atoms with van der Waals surface area (Å²) in [5.74, 6) is 1.40. The van der Waals surface area contributed by atoms with Crippen molar-refractivity contribution in [3.8, 4) is 17.4 Å². The fourth-order valence-electron chi connectivity index (χ4n) is 2.81. The molecular weight excluding hydrogens is 396 g/mol. The number of pyridine rings is 1. The molecule has 3 amide bonds. The van der Waals surface area contributed by atoms with Crippen LogP contribution in [0.3, 0.4) is 0 Å². The van der Waals surface area contributed by atoms with Gasteiger partial charge in [-0.05, 0) is 48.4 Å². The highest BCUT2D eigenvalue weighted by molar-refractivity contribution is 5.89. The number of carbonyl (C=O) groups is 2. The summed E-state index contributed by atoms with van der Waals surface area (Å²) in [6, 6.07) is 15.8. The molecule has 3 N–H and O–H groups in total. The Balaban J connectivity index is 1.54. The van der Waals surface area contributed by atoms with Gasteiger partial charge in [0.15, 0.2) is 11.5 Å². The number of carbonyl (C=O) groups excluding carboxylic acids is 2. The second-order valence-electron chi connectivity index (χ2n) is 6.83. The van der Waals surface area contributed by atoms with Crippen LogP contribution in [0.25, 0.3) is 0 Å². The predicted octanol–water partition coefficient (Wildman–Crippen LogP) is 4.47. The van der Waals surface area contributed by atoms with E-state index in [0.717, 1.165) is 11.1 Å². The molecular formula is C23H24N4O4. The molecule has 0 aliphatic rings. The first kappa shape index (κ1) is 21.6. The van der Waals surface area contributed by atoms with E-state index in [1.54, 1.807) is 31.4 Å². The van der Waals surface area contributed by atoms with Crippen molar-refractivity contribution in [3.63, 3.8) is 0 Å². The highest BCUT2D eigenvalue weighted by atomic mass is 16.5. The van der Waals surface area contributed by atoms with E-state index < -0.39 is 0 Å². The molecule has 1 heterocycles. The average Bonchev–Trinajstić information content (AvgIpc) is 2.74. The molecule has 0 unspecified atom stereocenters. The number of hydrogen-bond donors (Lipinski definition) is 3. The lowest BCUT2D eigenvalue weighted by Gasteiger charge is -2.11. The Hall–Kier alpha value is -4.07. The minimum atomic E-state index is -0.374. The van der Waals surface area contributed by atoms with Crippen molar-refractivity contribution in [2.75, 3.05) is 17.7 Å². The number of nitrogens with one attached hydrogen (secondary N) is 3. The average molecular weight is 420 g/mol. The first-order valence-corrected chi connectivity index (χ1v) is 9.63. The third-order valence-electron chi connectivity index (χ3n) is 4.23. The van der Waals surface area contributed by atoms with Crippen LogP contribution in [0.4, 0.5) is 16.2 Å². The maximum absolute atomic E-state index is 12.2. The molecule has 0 aliphatic heterocycles. The van der Waals surface area contributed by atoms with Gasteiger partial charge in [-0.25, -0.2) is 9.78 Å². The van der Waals surface area contributed by atoms with Crippen molar-refractivity contribution in [3.05, 3.63) is 71.9 Å². The van der Waals surface area contributed by atoms with Crippen LogP contribution >= 0.6 is 0 Å². The lowest BCUT2D eigenvalue weighted by atomic mass is 10.2. The van der Waals surface area contributed by atoms with Gasteiger partial charge >= 0.3 is 6.03 Å². The molecule has 8 nitrogen and oxygen atoms in total. The number of nitrogens with zero attached hydrogens (tertiary/aromatic N) is 1. The minimum Gasteiger partial charge on any atom is -0.493 e. The Labute approximate surface area is 180 Å². The van der Waals surface area contributed by atoms with Gasteiger partial charge in [-0.3, -0.25) is 4.79 Å². The highest BCUT2D eigenvalue weighted by Crippen LogP contribution is 2.31. The zero-order valence-electron chi connectivity index (χ0n) is 17.6. The van der Waals surface area contributed by atoms with E-state index in [-0.39, 0.29) is 11.9 Å². The predicted molar refractivity (Wildman–Crippen MR) is 119 cm³/mol. The van der Waals surface area contributed by atoms with Crippen LogP contribution in [-0.4, -0.2) is 24.0 Å². The lowest BCUT2D eigenvalue weighted by Crippen LogP contribution is -2.28. The Kier molecular flexibility index (Phi) is 7.05. The Morgan fingerprint density at radius 1 is 0.968 bits per heavy atom. The van der Waals surface area contributed by atoms with Gasteiger partial charge in [-0.15, -0.1) is 0 Å². The van der Waals surface area contributed by atoms with Crippen LogP contribution < -0.4 is 25.4 Å². The first-order chi connectivity index (χ1) is 14.9. The highest BCUT2D eigenvalue weighted by Gasteiger charge is 2.08. The van der Waals surface area contributed by atoms with Gasteiger partial charge in [-0.2, -0.15) is 0 Å². The molecule has 0 atom stereocenters. The monoisotopic (exact) mass is 420 g/mol. The van der Waals surface area contributed by atoms with Crippen LogP contribution in [0.15, 0.2) is 60.8 Å². The number of urea groups is 1. The van der Waals surface area contributed by atoms with Crippen molar-refractivity contribution in [2.45, 2.75) is 20.4 Å². The number of benzene rings is 2. The maximum Gasteiger partial charge on any atom is 0.319 e. The number of ether oxygens (including phenoxy) is 2. The summed E-state index contributed by atoms with van der Waals surface area (Å²) in [5.41, 5.74) is 3.12. The van der Waals surface area contributed by atoms with E-state index in [0.29, 0.717) is 35.3 Å². The van der Waals surface area contributed by atoms with Crippen LogP contribution in [0, 0.1) is 6.92 Å². The lowest BCUT2D eigenvalue weighted by molar-refractivity contribution is -0.114. The van der Waals surface area contributed by atoms with Crippen LogP contribution in [-0.2, 0) is 11.3 Å². The van der Waals surface area contributed by atoms with Crippen molar-refractivity contribution in [1.82, 2.24) is 10.3 Å². The zero-order valence-corrected chi connectivity index (χ0v) is 17.6. The maximum atomic E-state index is 12.2. The number of rotatable bonds is 7. The molecule has 3 aromatic rings. The Morgan fingerprint density at radius 2 is 1.81 bits per heavy atom. The molecule has 0 fully saturated rings. The molecule has 0 saturated carbocycles. The standard InChI is InChI=1S/C23H24N4O4/c1-15-7-9-20(21(11-15)30-3)31-22-10-8-19(14-24-22)27-23(29)25-13-17-5-4-6-18(12-17)26-16(2)28/h4-12,14H,13H2,1-3H3,(H,26,28)(H2,25,27,29). The Bertz CT molecular complexity index is 1070. The normalized spacial score (nSPS) is 10.2. The molecule has 0 saturated heterocycles. The van der Waals surface area contributed by atoms with E-state index in [4.69, 9.17) is 9.47 Å². The number of anilines is 2. The van der Waals surface area contributed by atoms with E-state index in [9.17, 15) is 9.59 Å². The molecule has 1 aromatic heterocycles. The topological polar surface area (TPSA) is 102 Å². The third kappa shape index (κ3) is 6.46. The van der Waals surface area contributed by atoms with Gasteiger partial charge in [0.2, 0.25) is 11.8 Å². The zero-order chi connectivity index (χ0) is 22.2. The number of methoxy groups -OCH3 is 1. The van der Waals surface area contributed by atoms with Crippen molar-refractivity contribution in [1.29, 1.82) is 0 Å². The van der Waals surface area contributed by atoms with Gasteiger partial charge in [0.1, 0.15) is 0 Å². The van der Waals surface area contributed by atoms with Gasteiger partial charge < -0.3 is 25.4 Å². The SMILES string of the molecule is COc1cc(C)ccc1Oc1ccc(NC(=O)NCc2cccc(NC(C)=O)c2)cn1. The molecule has 0 radical (unpaired) electrons. The number of aromatic nitrogens is 1. The smallest absolute Gasteiger partial charge is 0.319 e. The largest absolute Gasteiger partial charge is 0.493 e. The van der Waals surface area contributed by atoms with Crippen LogP contribution in [0.2, 0.25) is 0 Å². The molecule has 160 valence electrons. The second-order valence-corrected chi connectivity index (χ2v) is 6.83. The molecule has 0 aliphatic carbocycles. The van der Waals surface area contributed by atoms with Crippen LogP contribution in [0.1, 0.15) is 18.1 Å². The molecule has 0 bridgehead atoms. The van der Waals surface area contributed by atoms with E-state index in [2.05, 4.69) is 20.9 Å². The molecule has 2 aromatic carbocycles. The first-order valence-electron chi connectivity index (χ1n) is 9.63. The van der Waals surface area contributed by atoms with E-state index in [1.807, 2.05) is 37.3 Å². The summed E-state index contributed by atoms with van der Waals surface area (Å²) >= 11 is 0. The molecule has 31 heavy (non-hydrogen) atoms. The van der Waals surface area contributed by atoms with Gasteiger partial charge in [0.25, 0.3) is 0 Å². The summed E-state index contributed by atoms with van der Waals surface area (Å²) in [6.07, 6.45) is 1.51. The summed E-state index contributed by atoms with van der Waals surface area (Å²) in [4.78, 5) is 27.5. The fraction of sp³-hybridized carbons (Fsp3) is 0.174. The van der Waals surface area contributed by atoms with Gasteiger partial charge in [-0.1, -0.05) is 18.2 Å². The van der Waals surface area contributed by atoms with Crippen molar-refractivity contribution in [2.24, 2.45) is 0 Å². The van der Waals surface area contributed by atoms with E-state index >= 15 is 0 Å². The van der Waals surface area contributed by atoms with E-state index in [1.165, 1.54) is 13.1 Å². The fourth-order valence-corrected chi connectivity index (χ4v) is 2.81. The number of aryl methyl sites for hydroxylation is 1. The minimum absolute atomic E-state index is 0.149. The Morgan fingerprint density at radius 3 is 2.52 bits per heavy atom. The van der Waals surface area contributed by atoms with Gasteiger partial charge in [0, 0.05) is 25.2 Å². The second kappa shape index (κ2) is 10.1. The number of amides is 3. The quantitative estimate of drug-likeness (QED) is 0.523.